The Labute approximate surface area is 154 Å². The standard InChI is InChI=1S/C19H15FN4OS/c20-15-6-2-1-5-14(15)16-7-8-17(26-16)19(25)24-11-10-23-18-13(12-21)4-3-9-22-18/h1-9H,10-11H2,(H,22,23)(H,24,25). The highest BCUT2D eigenvalue weighted by Crippen LogP contribution is 2.29. The van der Waals surface area contributed by atoms with E-state index in [0.717, 1.165) is 0 Å². The first-order chi connectivity index (χ1) is 12.7. The third-order valence-electron chi connectivity index (χ3n) is 3.60. The van der Waals surface area contributed by atoms with Crippen molar-refractivity contribution in [2.45, 2.75) is 0 Å². The molecule has 0 aliphatic heterocycles. The maximum Gasteiger partial charge on any atom is 0.261 e. The number of thiophene rings is 1. The summed E-state index contributed by atoms with van der Waals surface area (Å²) in [6, 6.07) is 15.3. The van der Waals surface area contributed by atoms with E-state index in [-0.39, 0.29) is 11.7 Å². The van der Waals surface area contributed by atoms with Gasteiger partial charge in [-0.1, -0.05) is 18.2 Å². The first-order valence-corrected chi connectivity index (χ1v) is 8.72. The van der Waals surface area contributed by atoms with Crippen molar-refractivity contribution in [3.63, 3.8) is 0 Å². The van der Waals surface area contributed by atoms with Crippen LogP contribution in [0.1, 0.15) is 15.2 Å². The van der Waals surface area contributed by atoms with Gasteiger partial charge in [-0.25, -0.2) is 9.37 Å². The number of rotatable bonds is 6. The molecule has 0 saturated heterocycles. The van der Waals surface area contributed by atoms with Crippen LogP contribution in [0.3, 0.4) is 0 Å². The molecule has 0 bridgehead atoms. The van der Waals surface area contributed by atoms with Crippen molar-refractivity contribution in [1.82, 2.24) is 10.3 Å². The molecule has 0 aliphatic carbocycles. The SMILES string of the molecule is N#Cc1cccnc1NCCNC(=O)c1ccc(-c2ccccc2F)s1. The van der Waals surface area contributed by atoms with Gasteiger partial charge in [0.05, 0.1) is 10.4 Å². The van der Waals surface area contributed by atoms with E-state index in [2.05, 4.69) is 21.7 Å². The number of amides is 1. The Morgan fingerprint density at radius 1 is 1.15 bits per heavy atom. The maximum absolute atomic E-state index is 13.8. The summed E-state index contributed by atoms with van der Waals surface area (Å²) in [7, 11) is 0. The maximum atomic E-state index is 13.8. The van der Waals surface area contributed by atoms with Crippen LogP contribution >= 0.6 is 11.3 Å². The number of carbonyl (C=O) groups excluding carboxylic acids is 1. The Morgan fingerprint density at radius 3 is 2.81 bits per heavy atom. The third kappa shape index (κ3) is 4.05. The molecule has 0 atom stereocenters. The molecule has 3 rings (SSSR count). The number of nitrogens with one attached hydrogen (secondary N) is 2. The molecule has 2 aromatic heterocycles. The third-order valence-corrected chi connectivity index (χ3v) is 4.72. The molecule has 7 heteroatoms. The topological polar surface area (TPSA) is 77.8 Å². The fourth-order valence-electron chi connectivity index (χ4n) is 2.35. The van der Waals surface area contributed by atoms with Crippen molar-refractivity contribution in [3.8, 4) is 16.5 Å². The molecule has 2 heterocycles. The van der Waals surface area contributed by atoms with Crippen LogP contribution in [0, 0.1) is 17.1 Å². The number of halogens is 1. The van der Waals surface area contributed by atoms with E-state index in [1.807, 2.05) is 0 Å². The summed E-state index contributed by atoms with van der Waals surface area (Å²) in [6.07, 6.45) is 1.59. The first-order valence-electron chi connectivity index (χ1n) is 7.91. The highest BCUT2D eigenvalue weighted by molar-refractivity contribution is 7.17. The largest absolute Gasteiger partial charge is 0.367 e. The zero-order valence-corrected chi connectivity index (χ0v) is 14.5. The second kappa shape index (κ2) is 8.23. The summed E-state index contributed by atoms with van der Waals surface area (Å²) in [6.45, 7) is 0.802. The van der Waals surface area contributed by atoms with E-state index in [9.17, 15) is 9.18 Å². The lowest BCUT2D eigenvalue weighted by atomic mass is 10.2. The van der Waals surface area contributed by atoms with Gasteiger partial charge in [0.2, 0.25) is 0 Å². The van der Waals surface area contributed by atoms with Crippen LogP contribution in [-0.2, 0) is 0 Å². The second-order valence-electron chi connectivity index (χ2n) is 5.34. The lowest BCUT2D eigenvalue weighted by Gasteiger charge is -2.07. The molecule has 1 amide bonds. The van der Waals surface area contributed by atoms with Crippen molar-refractivity contribution in [1.29, 1.82) is 5.26 Å². The number of anilines is 1. The van der Waals surface area contributed by atoms with E-state index in [4.69, 9.17) is 5.26 Å². The van der Waals surface area contributed by atoms with Crippen LogP contribution in [0.25, 0.3) is 10.4 Å². The first kappa shape index (κ1) is 17.6. The van der Waals surface area contributed by atoms with Crippen LogP contribution in [0.5, 0.6) is 0 Å². The number of pyridine rings is 1. The predicted molar refractivity (Wildman–Crippen MR) is 99.5 cm³/mol. The fourth-order valence-corrected chi connectivity index (χ4v) is 3.30. The minimum atomic E-state index is -0.311. The van der Waals surface area contributed by atoms with Gasteiger partial charge in [0, 0.05) is 29.7 Å². The number of benzene rings is 1. The second-order valence-corrected chi connectivity index (χ2v) is 6.42. The van der Waals surface area contributed by atoms with E-state index >= 15 is 0 Å². The zero-order chi connectivity index (χ0) is 18.4. The normalized spacial score (nSPS) is 10.2. The van der Waals surface area contributed by atoms with Crippen LogP contribution < -0.4 is 10.6 Å². The lowest BCUT2D eigenvalue weighted by molar-refractivity contribution is 0.0959. The van der Waals surface area contributed by atoms with Crippen LogP contribution in [0.2, 0.25) is 0 Å². The molecule has 2 N–H and O–H groups in total. The molecule has 0 aliphatic rings. The van der Waals surface area contributed by atoms with E-state index in [1.54, 1.807) is 48.7 Å². The van der Waals surface area contributed by atoms with E-state index in [0.29, 0.717) is 39.8 Å². The summed E-state index contributed by atoms with van der Waals surface area (Å²) in [5.74, 6) is -0.0442. The molecule has 0 fully saturated rings. The number of hydrogen-bond donors (Lipinski definition) is 2. The van der Waals surface area contributed by atoms with Crippen molar-refractivity contribution < 1.29 is 9.18 Å². The molecule has 5 nitrogen and oxygen atoms in total. The monoisotopic (exact) mass is 366 g/mol. The Balaban J connectivity index is 1.55. The van der Waals surface area contributed by atoms with Gasteiger partial charge in [0.25, 0.3) is 5.91 Å². The summed E-state index contributed by atoms with van der Waals surface area (Å²) >= 11 is 1.24. The molecule has 0 spiro atoms. The van der Waals surface area contributed by atoms with Gasteiger partial charge in [0.1, 0.15) is 17.7 Å². The molecule has 130 valence electrons. The summed E-state index contributed by atoms with van der Waals surface area (Å²) < 4.78 is 13.8. The van der Waals surface area contributed by atoms with Crippen LogP contribution in [0.4, 0.5) is 10.2 Å². The highest BCUT2D eigenvalue weighted by atomic mass is 32.1. The quantitative estimate of drug-likeness (QED) is 0.653. The predicted octanol–water partition coefficient (Wildman–Crippen LogP) is 3.66. The minimum Gasteiger partial charge on any atom is -0.367 e. The molecule has 1 aromatic carbocycles. The van der Waals surface area contributed by atoms with Crippen molar-refractivity contribution in [3.05, 3.63) is 71.0 Å². The average Bonchev–Trinajstić information content (AvgIpc) is 3.16. The zero-order valence-electron chi connectivity index (χ0n) is 13.7. The van der Waals surface area contributed by atoms with Crippen molar-refractivity contribution in [2.75, 3.05) is 18.4 Å². The Morgan fingerprint density at radius 2 is 2.00 bits per heavy atom. The summed E-state index contributed by atoms with van der Waals surface area (Å²) in [5.41, 5.74) is 0.934. The fraction of sp³-hybridized carbons (Fsp3) is 0.105. The van der Waals surface area contributed by atoms with Crippen LogP contribution in [0.15, 0.2) is 54.7 Å². The molecule has 0 radical (unpaired) electrons. The molecule has 3 aromatic rings. The van der Waals surface area contributed by atoms with E-state index < -0.39 is 0 Å². The van der Waals surface area contributed by atoms with Gasteiger partial charge in [-0.05, 0) is 30.3 Å². The minimum absolute atomic E-state index is 0.221. The molecule has 0 saturated carbocycles. The van der Waals surface area contributed by atoms with Gasteiger partial charge in [-0.2, -0.15) is 5.26 Å². The van der Waals surface area contributed by atoms with E-state index in [1.165, 1.54) is 17.4 Å². The number of hydrogen-bond acceptors (Lipinski definition) is 5. The molecular weight excluding hydrogens is 351 g/mol. The van der Waals surface area contributed by atoms with Gasteiger partial charge in [0.15, 0.2) is 0 Å². The molecule has 26 heavy (non-hydrogen) atoms. The van der Waals surface area contributed by atoms with Gasteiger partial charge in [-0.3, -0.25) is 4.79 Å². The number of nitriles is 1. The smallest absolute Gasteiger partial charge is 0.261 e. The number of aromatic nitrogens is 1. The van der Waals surface area contributed by atoms with Gasteiger partial charge >= 0.3 is 0 Å². The van der Waals surface area contributed by atoms with Gasteiger partial charge in [-0.15, -0.1) is 11.3 Å². The number of nitrogens with zero attached hydrogens (tertiary/aromatic N) is 2. The van der Waals surface area contributed by atoms with Crippen LogP contribution in [-0.4, -0.2) is 24.0 Å². The average molecular weight is 366 g/mol. The number of carbonyl (C=O) groups is 1. The highest BCUT2D eigenvalue weighted by Gasteiger charge is 2.12. The summed E-state index contributed by atoms with van der Waals surface area (Å²) in [5, 5.41) is 14.8. The summed E-state index contributed by atoms with van der Waals surface area (Å²) in [4.78, 5) is 17.5. The van der Waals surface area contributed by atoms with Crippen molar-refractivity contribution in [2.24, 2.45) is 0 Å². The Bertz CT molecular complexity index is 964. The lowest BCUT2D eigenvalue weighted by Crippen LogP contribution is -2.28. The van der Waals surface area contributed by atoms with Gasteiger partial charge < -0.3 is 10.6 Å². The molecular formula is C19H15FN4OS. The Kier molecular flexibility index (Phi) is 5.56. The Hall–Kier alpha value is -3.24. The van der Waals surface area contributed by atoms with Crippen molar-refractivity contribution >= 4 is 23.1 Å². The molecule has 0 unspecified atom stereocenters.